The van der Waals surface area contributed by atoms with Crippen LogP contribution in [0.5, 0.6) is 0 Å². The molecule has 1 atom stereocenters. The predicted molar refractivity (Wildman–Crippen MR) is 104 cm³/mol. The van der Waals surface area contributed by atoms with Crippen molar-refractivity contribution in [2.45, 2.75) is 44.2 Å². The van der Waals surface area contributed by atoms with E-state index in [2.05, 4.69) is 0 Å². The molecule has 29 heavy (non-hydrogen) atoms. The number of carbonyl (C=O) groups excluding carboxylic acids is 1. The van der Waals surface area contributed by atoms with E-state index in [0.717, 1.165) is 43.2 Å². The third-order valence-electron chi connectivity index (χ3n) is 5.74. The standard InChI is InChI=1S/C22H21F2N3O2/c23-13-6-7-15(22(25)28)17(9-13)20-18-11-14(24)10-16(12-4-5-12)21(18)27(26-20)19-3-1-2-8-29-19/h6-7,9-12,19H,1-5,8H2,(H2,25,28). The molecule has 7 heteroatoms. The van der Waals surface area contributed by atoms with Gasteiger partial charge in [0.05, 0.1) is 5.52 Å². The van der Waals surface area contributed by atoms with Crippen molar-refractivity contribution in [1.29, 1.82) is 0 Å². The Morgan fingerprint density at radius 1 is 1.10 bits per heavy atom. The summed E-state index contributed by atoms with van der Waals surface area (Å²) in [6, 6.07) is 6.72. The van der Waals surface area contributed by atoms with Gasteiger partial charge in [0.2, 0.25) is 5.91 Å². The molecule has 2 N–H and O–H groups in total. The van der Waals surface area contributed by atoms with Gasteiger partial charge in [-0.2, -0.15) is 5.10 Å². The molecule has 1 saturated heterocycles. The largest absolute Gasteiger partial charge is 0.366 e. The number of benzene rings is 2. The first-order valence-electron chi connectivity index (χ1n) is 9.96. The van der Waals surface area contributed by atoms with Gasteiger partial charge in [0.25, 0.3) is 0 Å². The minimum Gasteiger partial charge on any atom is -0.366 e. The zero-order valence-electron chi connectivity index (χ0n) is 15.8. The molecule has 0 bridgehead atoms. The van der Waals surface area contributed by atoms with Gasteiger partial charge in [-0.3, -0.25) is 4.79 Å². The SMILES string of the molecule is NC(=O)c1ccc(F)cc1-c1nn(C2CCCCO2)c2c(C3CC3)cc(F)cc12. The highest BCUT2D eigenvalue weighted by molar-refractivity contribution is 6.04. The number of halogens is 2. The van der Waals surface area contributed by atoms with Crippen LogP contribution in [0.2, 0.25) is 0 Å². The van der Waals surface area contributed by atoms with E-state index in [9.17, 15) is 13.6 Å². The summed E-state index contributed by atoms with van der Waals surface area (Å²) in [5.41, 5.74) is 7.99. The van der Waals surface area contributed by atoms with Crippen LogP contribution in [0.25, 0.3) is 22.2 Å². The van der Waals surface area contributed by atoms with E-state index in [0.29, 0.717) is 17.7 Å². The maximum Gasteiger partial charge on any atom is 0.249 e. The number of nitrogens with zero attached hydrogens (tertiary/aromatic N) is 2. The molecule has 5 nitrogen and oxygen atoms in total. The minimum atomic E-state index is -0.685. The molecule has 1 unspecified atom stereocenters. The first kappa shape index (κ1) is 18.2. The number of aromatic nitrogens is 2. The molecule has 2 aliphatic rings. The highest BCUT2D eigenvalue weighted by atomic mass is 19.1. The van der Waals surface area contributed by atoms with Crippen molar-refractivity contribution in [3.05, 3.63) is 53.1 Å². The lowest BCUT2D eigenvalue weighted by atomic mass is 9.98. The van der Waals surface area contributed by atoms with Crippen molar-refractivity contribution < 1.29 is 18.3 Å². The van der Waals surface area contributed by atoms with Crippen molar-refractivity contribution in [3.63, 3.8) is 0 Å². The Hall–Kier alpha value is -2.80. The van der Waals surface area contributed by atoms with Crippen LogP contribution in [0.15, 0.2) is 30.3 Å². The van der Waals surface area contributed by atoms with Gasteiger partial charge in [0, 0.05) is 23.1 Å². The van der Waals surface area contributed by atoms with E-state index in [1.54, 1.807) is 10.7 Å². The molecule has 3 aromatic rings. The van der Waals surface area contributed by atoms with Crippen molar-refractivity contribution in [2.75, 3.05) is 6.61 Å². The minimum absolute atomic E-state index is 0.153. The number of primary amides is 1. The monoisotopic (exact) mass is 397 g/mol. The number of fused-ring (bicyclic) bond motifs is 1. The number of amides is 1. The Balaban J connectivity index is 1.81. The van der Waals surface area contributed by atoms with Crippen molar-refractivity contribution >= 4 is 16.8 Å². The van der Waals surface area contributed by atoms with Gasteiger partial charge in [-0.25, -0.2) is 13.5 Å². The van der Waals surface area contributed by atoms with Crippen LogP contribution in [0.1, 0.15) is 60.2 Å². The van der Waals surface area contributed by atoms with Crippen LogP contribution in [0.3, 0.4) is 0 Å². The second-order valence-electron chi connectivity index (χ2n) is 7.83. The average Bonchev–Trinajstić information content (AvgIpc) is 3.48. The lowest BCUT2D eigenvalue weighted by Gasteiger charge is -2.24. The summed E-state index contributed by atoms with van der Waals surface area (Å²) in [7, 11) is 0. The Morgan fingerprint density at radius 2 is 1.93 bits per heavy atom. The third-order valence-corrected chi connectivity index (χ3v) is 5.74. The fourth-order valence-corrected chi connectivity index (χ4v) is 4.22. The van der Waals surface area contributed by atoms with Gasteiger partial charge in [-0.05, 0) is 73.9 Å². The highest BCUT2D eigenvalue weighted by Gasteiger charge is 2.32. The van der Waals surface area contributed by atoms with Crippen molar-refractivity contribution in [2.24, 2.45) is 5.73 Å². The van der Waals surface area contributed by atoms with Crippen LogP contribution >= 0.6 is 0 Å². The summed E-state index contributed by atoms with van der Waals surface area (Å²) in [6.45, 7) is 0.633. The molecule has 1 amide bonds. The van der Waals surface area contributed by atoms with Gasteiger partial charge in [-0.15, -0.1) is 0 Å². The summed E-state index contributed by atoms with van der Waals surface area (Å²) in [4.78, 5) is 12.0. The summed E-state index contributed by atoms with van der Waals surface area (Å²) in [5.74, 6) is -1.29. The van der Waals surface area contributed by atoms with Crippen LogP contribution in [-0.4, -0.2) is 22.3 Å². The summed E-state index contributed by atoms with van der Waals surface area (Å²) in [5, 5.41) is 5.28. The van der Waals surface area contributed by atoms with Gasteiger partial charge >= 0.3 is 0 Å². The molecular formula is C22H21F2N3O2. The number of rotatable bonds is 4. The van der Waals surface area contributed by atoms with Crippen LogP contribution in [0.4, 0.5) is 8.78 Å². The molecule has 5 rings (SSSR count). The number of hydrogen-bond acceptors (Lipinski definition) is 3. The second kappa shape index (κ2) is 6.91. The zero-order valence-corrected chi connectivity index (χ0v) is 15.8. The smallest absolute Gasteiger partial charge is 0.249 e. The lowest BCUT2D eigenvalue weighted by molar-refractivity contribution is -0.0366. The van der Waals surface area contributed by atoms with Gasteiger partial charge in [-0.1, -0.05) is 0 Å². The summed E-state index contributed by atoms with van der Waals surface area (Å²) < 4.78 is 36.4. The second-order valence-corrected chi connectivity index (χ2v) is 7.83. The number of carbonyl (C=O) groups is 1. The Morgan fingerprint density at radius 3 is 2.62 bits per heavy atom. The van der Waals surface area contributed by atoms with Crippen molar-refractivity contribution in [3.8, 4) is 11.3 Å². The van der Waals surface area contributed by atoms with E-state index in [1.807, 2.05) is 0 Å². The maximum absolute atomic E-state index is 14.5. The molecular weight excluding hydrogens is 376 g/mol. The molecule has 0 radical (unpaired) electrons. The first-order chi connectivity index (χ1) is 14.0. The molecule has 2 aromatic carbocycles. The predicted octanol–water partition coefficient (Wildman–Crippen LogP) is 4.66. The number of hydrogen-bond donors (Lipinski definition) is 1. The third kappa shape index (κ3) is 3.19. The molecule has 2 fully saturated rings. The van der Waals surface area contributed by atoms with Gasteiger partial charge < -0.3 is 10.5 Å². The fourth-order valence-electron chi connectivity index (χ4n) is 4.22. The van der Waals surface area contributed by atoms with E-state index in [-0.39, 0.29) is 29.1 Å². The highest BCUT2D eigenvalue weighted by Crippen LogP contribution is 2.46. The van der Waals surface area contributed by atoms with Crippen LogP contribution < -0.4 is 5.73 Å². The Kier molecular flexibility index (Phi) is 4.35. The Bertz CT molecular complexity index is 1110. The Labute approximate surface area is 166 Å². The number of ether oxygens (including phenoxy) is 1. The topological polar surface area (TPSA) is 70.1 Å². The van der Waals surface area contributed by atoms with Crippen LogP contribution in [-0.2, 0) is 4.74 Å². The maximum atomic E-state index is 14.5. The average molecular weight is 397 g/mol. The lowest BCUT2D eigenvalue weighted by Crippen LogP contribution is -2.19. The van der Waals surface area contributed by atoms with E-state index in [4.69, 9.17) is 15.6 Å². The molecule has 0 spiro atoms. The number of nitrogens with two attached hydrogens (primary N) is 1. The zero-order chi connectivity index (χ0) is 20.1. The van der Waals surface area contributed by atoms with Gasteiger partial charge in [0.15, 0.2) is 6.23 Å². The quantitative estimate of drug-likeness (QED) is 0.696. The first-order valence-corrected chi connectivity index (χ1v) is 9.96. The molecule has 1 saturated carbocycles. The molecule has 2 heterocycles. The van der Waals surface area contributed by atoms with E-state index >= 15 is 0 Å². The normalized spacial score (nSPS) is 19.6. The van der Waals surface area contributed by atoms with E-state index < -0.39 is 11.7 Å². The van der Waals surface area contributed by atoms with E-state index in [1.165, 1.54) is 24.3 Å². The van der Waals surface area contributed by atoms with Gasteiger partial charge in [0.1, 0.15) is 17.3 Å². The molecule has 1 aliphatic carbocycles. The fraction of sp³-hybridized carbons (Fsp3) is 0.364. The van der Waals surface area contributed by atoms with Crippen LogP contribution in [0, 0.1) is 11.6 Å². The summed E-state index contributed by atoms with van der Waals surface area (Å²) in [6.07, 6.45) is 4.52. The molecule has 150 valence electrons. The summed E-state index contributed by atoms with van der Waals surface area (Å²) >= 11 is 0. The molecule has 1 aromatic heterocycles. The molecule has 1 aliphatic heterocycles. The van der Waals surface area contributed by atoms with Crippen molar-refractivity contribution in [1.82, 2.24) is 9.78 Å².